The fourth-order valence-corrected chi connectivity index (χ4v) is 2.43. The Kier molecular flexibility index (Phi) is 2.75. The van der Waals surface area contributed by atoms with E-state index in [2.05, 4.69) is 40.4 Å². The number of hydrogen-bond acceptors (Lipinski definition) is 2. The minimum absolute atomic E-state index is 0.718. The number of fused-ring (bicyclic) bond motifs is 3. The molecule has 2 heterocycles. The lowest BCUT2D eigenvalue weighted by atomic mass is 10.2. The Labute approximate surface area is 122 Å². The molecule has 2 aromatic heterocycles. The van der Waals surface area contributed by atoms with Crippen LogP contribution in [0.5, 0.6) is 0 Å². The van der Waals surface area contributed by atoms with E-state index in [0.717, 1.165) is 22.4 Å². The summed E-state index contributed by atoms with van der Waals surface area (Å²) in [4.78, 5) is 4.62. The number of benzene rings is 2. The van der Waals surface area contributed by atoms with E-state index in [0.29, 0.717) is 0 Å². The van der Waals surface area contributed by atoms with Crippen molar-refractivity contribution in [3.05, 3.63) is 78.2 Å². The van der Waals surface area contributed by atoms with E-state index in [1.165, 1.54) is 5.39 Å². The molecule has 0 saturated carbocycles. The van der Waals surface area contributed by atoms with Crippen LogP contribution >= 0.6 is 0 Å². The molecular weight excluding hydrogens is 258 g/mol. The molecule has 0 aliphatic carbocycles. The van der Waals surface area contributed by atoms with Crippen molar-refractivity contribution in [2.24, 2.45) is 0 Å². The molecule has 0 unspecified atom stereocenters. The van der Waals surface area contributed by atoms with Crippen LogP contribution in [0.3, 0.4) is 0 Å². The highest BCUT2D eigenvalue weighted by Crippen LogP contribution is 2.18. The van der Waals surface area contributed by atoms with Crippen molar-refractivity contribution in [3.63, 3.8) is 0 Å². The molecule has 0 bridgehead atoms. The monoisotopic (exact) mass is 271 g/mol. The minimum Gasteiger partial charge on any atom is -0.220 e. The van der Waals surface area contributed by atoms with Gasteiger partial charge in [-0.3, -0.25) is 0 Å². The smallest absolute Gasteiger partial charge is 0.174 e. The number of hydrogen-bond donors (Lipinski definition) is 0. The van der Waals surface area contributed by atoms with Gasteiger partial charge in [-0.2, -0.15) is 0 Å². The normalized spacial score (nSPS) is 11.6. The zero-order valence-electron chi connectivity index (χ0n) is 11.3. The van der Waals surface area contributed by atoms with Gasteiger partial charge in [0.25, 0.3) is 0 Å². The highest BCUT2D eigenvalue weighted by molar-refractivity contribution is 5.93. The van der Waals surface area contributed by atoms with Gasteiger partial charge in [0, 0.05) is 11.6 Å². The molecule has 21 heavy (non-hydrogen) atoms. The molecule has 0 amide bonds. The molecule has 3 heteroatoms. The van der Waals surface area contributed by atoms with Gasteiger partial charge in [0.2, 0.25) is 0 Å². The Morgan fingerprint density at radius 1 is 0.810 bits per heavy atom. The molecule has 0 aliphatic heterocycles. The first kappa shape index (κ1) is 11.9. The quantitative estimate of drug-likeness (QED) is 0.550. The summed E-state index contributed by atoms with van der Waals surface area (Å²) in [6.07, 6.45) is 5.92. The lowest BCUT2D eigenvalue weighted by Crippen LogP contribution is -1.87. The average molecular weight is 271 g/mol. The van der Waals surface area contributed by atoms with E-state index in [9.17, 15) is 0 Å². The average Bonchev–Trinajstić information content (AvgIpc) is 2.97. The first-order valence-electron chi connectivity index (χ1n) is 6.87. The zero-order chi connectivity index (χ0) is 14.1. The summed E-state index contributed by atoms with van der Waals surface area (Å²) in [6, 6.07) is 20.4. The third kappa shape index (κ3) is 2.19. The highest BCUT2D eigenvalue weighted by Gasteiger charge is 2.04. The fourth-order valence-electron chi connectivity index (χ4n) is 2.43. The van der Waals surface area contributed by atoms with Crippen molar-refractivity contribution in [2.75, 3.05) is 0 Å². The van der Waals surface area contributed by atoms with Gasteiger partial charge in [-0.25, -0.2) is 9.50 Å². The second-order valence-corrected chi connectivity index (χ2v) is 4.89. The van der Waals surface area contributed by atoms with E-state index in [1.54, 1.807) is 0 Å². The number of pyridine rings is 1. The third-order valence-electron chi connectivity index (χ3n) is 3.47. The highest BCUT2D eigenvalue weighted by atomic mass is 15.3. The van der Waals surface area contributed by atoms with Crippen LogP contribution in [0.2, 0.25) is 0 Å². The Bertz CT molecular complexity index is 936. The molecule has 0 radical (unpaired) electrons. The standard InChI is InChI=1S/C18H13N3/c1-2-6-14(7-3-1)10-11-17-19-18-16-9-5-4-8-15(16)12-13-21(18)20-17/h1-13H/b11-10+. The molecule has 0 fully saturated rings. The van der Waals surface area contributed by atoms with Crippen molar-refractivity contribution >= 4 is 28.6 Å². The first-order valence-corrected chi connectivity index (χ1v) is 6.87. The maximum Gasteiger partial charge on any atom is 0.174 e. The summed E-state index contributed by atoms with van der Waals surface area (Å²) in [5.41, 5.74) is 2.03. The van der Waals surface area contributed by atoms with Gasteiger partial charge in [0.15, 0.2) is 11.5 Å². The SMILES string of the molecule is C(=C\c1nc2c3ccccc3ccn2n1)/c1ccccc1. The van der Waals surface area contributed by atoms with E-state index >= 15 is 0 Å². The zero-order valence-corrected chi connectivity index (χ0v) is 11.3. The van der Waals surface area contributed by atoms with Crippen LogP contribution in [0, 0.1) is 0 Å². The fraction of sp³-hybridized carbons (Fsp3) is 0. The molecule has 0 atom stereocenters. The van der Waals surface area contributed by atoms with E-state index in [1.807, 2.05) is 53.2 Å². The Morgan fingerprint density at radius 2 is 1.62 bits per heavy atom. The van der Waals surface area contributed by atoms with Crippen molar-refractivity contribution < 1.29 is 0 Å². The Balaban J connectivity index is 1.80. The predicted molar refractivity (Wildman–Crippen MR) is 85.9 cm³/mol. The summed E-state index contributed by atoms with van der Waals surface area (Å²) >= 11 is 0. The van der Waals surface area contributed by atoms with Crippen LogP contribution in [0.4, 0.5) is 0 Å². The minimum atomic E-state index is 0.718. The second-order valence-electron chi connectivity index (χ2n) is 4.89. The van der Waals surface area contributed by atoms with E-state index < -0.39 is 0 Å². The van der Waals surface area contributed by atoms with Crippen LogP contribution in [-0.2, 0) is 0 Å². The van der Waals surface area contributed by atoms with Crippen molar-refractivity contribution in [2.45, 2.75) is 0 Å². The van der Waals surface area contributed by atoms with E-state index in [-0.39, 0.29) is 0 Å². The van der Waals surface area contributed by atoms with Gasteiger partial charge in [-0.1, -0.05) is 60.7 Å². The van der Waals surface area contributed by atoms with Crippen LogP contribution in [0.25, 0.3) is 28.6 Å². The first-order chi connectivity index (χ1) is 10.4. The molecule has 0 N–H and O–H groups in total. The maximum absolute atomic E-state index is 4.62. The van der Waals surface area contributed by atoms with Gasteiger partial charge < -0.3 is 0 Å². The van der Waals surface area contributed by atoms with Crippen LogP contribution in [0.1, 0.15) is 11.4 Å². The van der Waals surface area contributed by atoms with Gasteiger partial charge >= 0.3 is 0 Å². The second kappa shape index (κ2) is 4.87. The van der Waals surface area contributed by atoms with Crippen molar-refractivity contribution in [1.82, 2.24) is 14.6 Å². The topological polar surface area (TPSA) is 30.2 Å². The van der Waals surface area contributed by atoms with Crippen LogP contribution < -0.4 is 0 Å². The van der Waals surface area contributed by atoms with Gasteiger partial charge in [-0.05, 0) is 23.1 Å². The van der Waals surface area contributed by atoms with Crippen molar-refractivity contribution in [1.29, 1.82) is 0 Å². The van der Waals surface area contributed by atoms with Gasteiger partial charge in [0.05, 0.1) is 0 Å². The van der Waals surface area contributed by atoms with Crippen molar-refractivity contribution in [3.8, 4) is 0 Å². The predicted octanol–water partition coefficient (Wildman–Crippen LogP) is 4.05. The number of aromatic nitrogens is 3. The number of rotatable bonds is 2. The van der Waals surface area contributed by atoms with Crippen LogP contribution in [-0.4, -0.2) is 14.6 Å². The van der Waals surface area contributed by atoms with E-state index in [4.69, 9.17) is 0 Å². The van der Waals surface area contributed by atoms with Gasteiger partial charge in [-0.15, -0.1) is 5.10 Å². The van der Waals surface area contributed by atoms with Gasteiger partial charge in [0.1, 0.15) is 0 Å². The molecule has 4 aromatic rings. The van der Waals surface area contributed by atoms with Crippen LogP contribution in [0.15, 0.2) is 66.9 Å². The molecule has 0 spiro atoms. The summed E-state index contributed by atoms with van der Waals surface area (Å²) in [7, 11) is 0. The molecular formula is C18H13N3. The third-order valence-corrected chi connectivity index (χ3v) is 3.47. The Morgan fingerprint density at radius 3 is 2.52 bits per heavy atom. The summed E-state index contributed by atoms with van der Waals surface area (Å²) in [5.74, 6) is 0.718. The molecule has 100 valence electrons. The summed E-state index contributed by atoms with van der Waals surface area (Å²) < 4.78 is 1.83. The molecule has 3 nitrogen and oxygen atoms in total. The molecule has 2 aromatic carbocycles. The Hall–Kier alpha value is -2.94. The lowest BCUT2D eigenvalue weighted by molar-refractivity contribution is 0.959. The largest absolute Gasteiger partial charge is 0.220 e. The molecule has 0 aliphatic rings. The maximum atomic E-state index is 4.62. The summed E-state index contributed by atoms with van der Waals surface area (Å²) in [6.45, 7) is 0. The molecule has 0 saturated heterocycles. The lowest BCUT2D eigenvalue weighted by Gasteiger charge is -1.97. The number of nitrogens with zero attached hydrogens (tertiary/aromatic N) is 3. The molecule has 4 rings (SSSR count). The summed E-state index contributed by atoms with van der Waals surface area (Å²) in [5, 5.41) is 6.79.